The van der Waals surface area contributed by atoms with Crippen LogP contribution in [0.2, 0.25) is 0 Å². The standard InChI is InChI=1S/C17H21N3/c1-13-7-6-10-15(17(18)19)16(13)20(2)12-11-14-8-4-3-5-9-14/h3-10H,11-12H2,1-2H3,(H3,18,19). The molecule has 0 saturated carbocycles. The summed E-state index contributed by atoms with van der Waals surface area (Å²) in [6.45, 7) is 2.95. The fraction of sp³-hybridized carbons (Fsp3) is 0.235. The van der Waals surface area contributed by atoms with Crippen molar-refractivity contribution in [1.82, 2.24) is 0 Å². The Kier molecular flexibility index (Phi) is 4.41. The quantitative estimate of drug-likeness (QED) is 0.646. The van der Waals surface area contributed by atoms with Gasteiger partial charge in [0.25, 0.3) is 0 Å². The molecule has 0 spiro atoms. The van der Waals surface area contributed by atoms with Gasteiger partial charge in [-0.15, -0.1) is 0 Å². The Morgan fingerprint density at radius 2 is 1.80 bits per heavy atom. The molecular formula is C17H21N3. The van der Waals surface area contributed by atoms with Crippen molar-refractivity contribution in [2.75, 3.05) is 18.5 Å². The summed E-state index contributed by atoms with van der Waals surface area (Å²) < 4.78 is 0. The highest BCUT2D eigenvalue weighted by Gasteiger charge is 2.12. The van der Waals surface area contributed by atoms with Gasteiger partial charge in [-0.3, -0.25) is 5.41 Å². The topological polar surface area (TPSA) is 53.1 Å². The fourth-order valence-corrected chi connectivity index (χ4v) is 2.44. The third kappa shape index (κ3) is 3.18. The van der Waals surface area contributed by atoms with Crippen LogP contribution >= 0.6 is 0 Å². The van der Waals surface area contributed by atoms with Gasteiger partial charge in [0, 0.05) is 19.2 Å². The van der Waals surface area contributed by atoms with Crippen LogP contribution in [0.25, 0.3) is 0 Å². The number of aryl methyl sites for hydroxylation is 1. The van der Waals surface area contributed by atoms with Gasteiger partial charge in [0.1, 0.15) is 5.84 Å². The predicted molar refractivity (Wildman–Crippen MR) is 85.6 cm³/mol. The largest absolute Gasteiger partial charge is 0.384 e. The van der Waals surface area contributed by atoms with Crippen molar-refractivity contribution in [3.63, 3.8) is 0 Å². The fourth-order valence-electron chi connectivity index (χ4n) is 2.44. The van der Waals surface area contributed by atoms with Gasteiger partial charge in [0.05, 0.1) is 5.69 Å². The number of hydrogen-bond donors (Lipinski definition) is 2. The van der Waals surface area contributed by atoms with E-state index in [1.807, 2.05) is 18.2 Å². The zero-order valence-electron chi connectivity index (χ0n) is 12.1. The first-order valence-electron chi connectivity index (χ1n) is 6.78. The van der Waals surface area contributed by atoms with Crippen LogP contribution in [0.3, 0.4) is 0 Å². The van der Waals surface area contributed by atoms with Crippen LogP contribution in [0.4, 0.5) is 5.69 Å². The zero-order valence-corrected chi connectivity index (χ0v) is 12.1. The van der Waals surface area contributed by atoms with Crippen LogP contribution < -0.4 is 10.6 Å². The molecule has 0 atom stereocenters. The number of likely N-dealkylation sites (N-methyl/N-ethyl adjacent to an activating group) is 1. The number of hydrogen-bond acceptors (Lipinski definition) is 2. The summed E-state index contributed by atoms with van der Waals surface area (Å²) in [5.74, 6) is 0.121. The molecule has 3 heteroatoms. The van der Waals surface area contributed by atoms with Crippen LogP contribution in [0.15, 0.2) is 48.5 Å². The number of nitrogen functional groups attached to an aromatic ring is 1. The molecule has 104 valence electrons. The lowest BCUT2D eigenvalue weighted by molar-refractivity contribution is 0.872. The average molecular weight is 267 g/mol. The van der Waals surface area contributed by atoms with E-state index in [9.17, 15) is 0 Å². The minimum Gasteiger partial charge on any atom is -0.384 e. The van der Waals surface area contributed by atoms with E-state index in [1.54, 1.807) is 0 Å². The Morgan fingerprint density at radius 3 is 2.45 bits per heavy atom. The Labute approximate surface area is 120 Å². The first-order valence-corrected chi connectivity index (χ1v) is 6.78. The van der Waals surface area contributed by atoms with E-state index >= 15 is 0 Å². The first kappa shape index (κ1) is 14.1. The van der Waals surface area contributed by atoms with Crippen molar-refractivity contribution in [1.29, 1.82) is 5.41 Å². The third-order valence-electron chi connectivity index (χ3n) is 3.49. The Bertz CT molecular complexity index is 590. The summed E-state index contributed by atoms with van der Waals surface area (Å²) in [5, 5.41) is 7.71. The summed E-state index contributed by atoms with van der Waals surface area (Å²) in [4.78, 5) is 2.18. The maximum absolute atomic E-state index is 7.71. The van der Waals surface area contributed by atoms with Crippen molar-refractivity contribution in [3.05, 3.63) is 65.2 Å². The van der Waals surface area contributed by atoms with E-state index in [-0.39, 0.29) is 5.84 Å². The lowest BCUT2D eigenvalue weighted by Gasteiger charge is -2.24. The molecule has 0 fully saturated rings. The monoisotopic (exact) mass is 267 g/mol. The Balaban J connectivity index is 2.17. The van der Waals surface area contributed by atoms with Gasteiger partial charge in [-0.2, -0.15) is 0 Å². The normalized spacial score (nSPS) is 10.3. The van der Waals surface area contributed by atoms with Crippen molar-refractivity contribution in [2.45, 2.75) is 13.3 Å². The number of rotatable bonds is 5. The molecule has 0 heterocycles. The summed E-state index contributed by atoms with van der Waals surface area (Å²) in [7, 11) is 2.05. The van der Waals surface area contributed by atoms with Gasteiger partial charge in [-0.25, -0.2) is 0 Å². The highest BCUT2D eigenvalue weighted by molar-refractivity contribution is 6.01. The molecule has 2 rings (SSSR count). The molecule has 2 aromatic carbocycles. The third-order valence-corrected chi connectivity index (χ3v) is 3.49. The lowest BCUT2D eigenvalue weighted by Crippen LogP contribution is -2.25. The molecule has 2 aromatic rings. The molecule has 0 amide bonds. The maximum atomic E-state index is 7.71. The highest BCUT2D eigenvalue weighted by Crippen LogP contribution is 2.24. The van der Waals surface area contributed by atoms with E-state index in [0.717, 1.165) is 29.8 Å². The molecule has 0 bridgehead atoms. The van der Waals surface area contributed by atoms with E-state index in [1.165, 1.54) is 5.56 Å². The smallest absolute Gasteiger partial charge is 0.124 e. The second-order valence-corrected chi connectivity index (χ2v) is 5.04. The average Bonchev–Trinajstić information content (AvgIpc) is 2.45. The van der Waals surface area contributed by atoms with Gasteiger partial charge in [0.2, 0.25) is 0 Å². The van der Waals surface area contributed by atoms with Crippen LogP contribution in [0, 0.1) is 12.3 Å². The summed E-state index contributed by atoms with van der Waals surface area (Å²) >= 11 is 0. The molecule has 0 aromatic heterocycles. The van der Waals surface area contributed by atoms with Crippen LogP contribution in [-0.4, -0.2) is 19.4 Å². The van der Waals surface area contributed by atoms with E-state index < -0.39 is 0 Å². The molecule has 0 aliphatic rings. The van der Waals surface area contributed by atoms with Gasteiger partial charge >= 0.3 is 0 Å². The van der Waals surface area contributed by atoms with Crippen LogP contribution in [0.1, 0.15) is 16.7 Å². The number of nitrogens with one attached hydrogen (secondary N) is 1. The molecule has 0 saturated heterocycles. The van der Waals surface area contributed by atoms with Crippen molar-refractivity contribution in [3.8, 4) is 0 Å². The second kappa shape index (κ2) is 6.24. The minimum absolute atomic E-state index is 0.121. The number of benzene rings is 2. The zero-order chi connectivity index (χ0) is 14.5. The number of amidine groups is 1. The second-order valence-electron chi connectivity index (χ2n) is 5.04. The van der Waals surface area contributed by atoms with Gasteiger partial charge in [-0.05, 0) is 30.5 Å². The van der Waals surface area contributed by atoms with E-state index in [2.05, 4.69) is 49.2 Å². The molecule has 3 nitrogen and oxygen atoms in total. The van der Waals surface area contributed by atoms with E-state index in [4.69, 9.17) is 11.1 Å². The van der Waals surface area contributed by atoms with Gasteiger partial charge < -0.3 is 10.6 Å². The Hall–Kier alpha value is -2.29. The van der Waals surface area contributed by atoms with Gasteiger partial charge in [-0.1, -0.05) is 42.5 Å². The molecule has 0 unspecified atom stereocenters. The number of anilines is 1. The minimum atomic E-state index is 0.121. The van der Waals surface area contributed by atoms with E-state index in [0.29, 0.717) is 0 Å². The molecule has 3 N–H and O–H groups in total. The van der Waals surface area contributed by atoms with Gasteiger partial charge in [0.15, 0.2) is 0 Å². The molecule has 20 heavy (non-hydrogen) atoms. The first-order chi connectivity index (χ1) is 9.59. The molecule has 0 radical (unpaired) electrons. The highest BCUT2D eigenvalue weighted by atomic mass is 15.1. The Morgan fingerprint density at radius 1 is 1.10 bits per heavy atom. The van der Waals surface area contributed by atoms with Crippen molar-refractivity contribution >= 4 is 11.5 Å². The van der Waals surface area contributed by atoms with Crippen molar-refractivity contribution in [2.24, 2.45) is 5.73 Å². The number of nitrogens with two attached hydrogens (primary N) is 1. The molecule has 0 aliphatic carbocycles. The summed E-state index contributed by atoms with van der Waals surface area (Å²) in [6.07, 6.45) is 0.975. The maximum Gasteiger partial charge on any atom is 0.124 e. The SMILES string of the molecule is Cc1cccc(C(=N)N)c1N(C)CCc1ccccc1. The molecular weight excluding hydrogens is 246 g/mol. The number of para-hydroxylation sites is 1. The lowest BCUT2D eigenvalue weighted by atomic mass is 10.1. The predicted octanol–water partition coefficient (Wildman–Crippen LogP) is 2.96. The summed E-state index contributed by atoms with van der Waals surface area (Å²) in [6, 6.07) is 16.3. The van der Waals surface area contributed by atoms with Crippen LogP contribution in [0.5, 0.6) is 0 Å². The molecule has 0 aliphatic heterocycles. The van der Waals surface area contributed by atoms with Crippen LogP contribution in [-0.2, 0) is 6.42 Å². The number of nitrogens with zero attached hydrogens (tertiary/aromatic N) is 1. The van der Waals surface area contributed by atoms with Crippen molar-refractivity contribution < 1.29 is 0 Å². The summed E-state index contributed by atoms with van der Waals surface area (Å²) in [5.41, 5.74) is 10.0.